The van der Waals surface area contributed by atoms with E-state index in [1.807, 2.05) is 37.3 Å². The highest BCUT2D eigenvalue weighted by Gasteiger charge is 2.55. The van der Waals surface area contributed by atoms with E-state index in [0.717, 1.165) is 24.9 Å². The van der Waals surface area contributed by atoms with E-state index in [1.54, 1.807) is 11.6 Å². The van der Waals surface area contributed by atoms with Crippen molar-refractivity contribution in [2.75, 3.05) is 0 Å². The lowest BCUT2D eigenvalue weighted by atomic mass is 9.73. The predicted molar refractivity (Wildman–Crippen MR) is 102 cm³/mol. The molecule has 1 saturated carbocycles. The molecule has 1 N–H and O–H groups in total. The second kappa shape index (κ2) is 6.79. The van der Waals surface area contributed by atoms with Gasteiger partial charge in [-0.1, -0.05) is 38.0 Å². The van der Waals surface area contributed by atoms with Crippen LogP contribution in [0.3, 0.4) is 0 Å². The van der Waals surface area contributed by atoms with Gasteiger partial charge in [0.2, 0.25) is 0 Å². The molecule has 1 spiro atoms. The number of benzene rings is 1. The van der Waals surface area contributed by atoms with Crippen LogP contribution in [0, 0.1) is 24.2 Å². The Kier molecular flexibility index (Phi) is 4.42. The fraction of sp³-hybridized carbons (Fsp3) is 0.429. The van der Waals surface area contributed by atoms with Crippen molar-refractivity contribution in [1.29, 1.82) is 5.26 Å². The number of rotatable bonds is 3. The third kappa shape index (κ3) is 2.68. The van der Waals surface area contributed by atoms with Crippen molar-refractivity contribution in [2.45, 2.75) is 51.6 Å². The molecule has 144 valence electrons. The number of aromatic nitrogens is 2. The zero-order valence-electron chi connectivity index (χ0n) is 16.1. The Morgan fingerprint density at radius 3 is 2.71 bits per heavy atom. The second-order valence-corrected chi connectivity index (χ2v) is 7.71. The molecule has 28 heavy (non-hydrogen) atoms. The van der Waals surface area contributed by atoms with E-state index in [9.17, 15) is 14.9 Å². The largest absolute Gasteiger partial charge is 0.325 e. The molecule has 4 rings (SSSR count). The van der Waals surface area contributed by atoms with E-state index in [-0.39, 0.29) is 24.4 Å². The predicted octanol–water partition coefficient (Wildman–Crippen LogP) is 3.05. The van der Waals surface area contributed by atoms with Crippen LogP contribution in [0.4, 0.5) is 4.79 Å². The van der Waals surface area contributed by atoms with Crippen LogP contribution in [0.25, 0.3) is 5.69 Å². The molecule has 2 heterocycles. The zero-order valence-corrected chi connectivity index (χ0v) is 16.1. The molecule has 1 aliphatic carbocycles. The average Bonchev–Trinajstić information content (AvgIpc) is 3.14. The number of nitriles is 1. The van der Waals surface area contributed by atoms with Gasteiger partial charge in [0.1, 0.15) is 11.6 Å². The first-order chi connectivity index (χ1) is 13.5. The van der Waals surface area contributed by atoms with Crippen LogP contribution in [0.5, 0.6) is 0 Å². The van der Waals surface area contributed by atoms with Crippen LogP contribution in [0.1, 0.15) is 49.6 Å². The first kappa shape index (κ1) is 18.2. The number of imide groups is 1. The standard InChI is InChI=1S/C21H23N5O2/c1-14-8-6-7-11-21(14)19(27)25(20(28)23-21)13-18-17(12-22)15(2)24-26(18)16-9-4-3-5-10-16/h3-5,9-10,14H,6-8,11,13H2,1-2H3,(H,23,28)/t14-,21-/m0/s1. The first-order valence-corrected chi connectivity index (χ1v) is 9.66. The van der Waals surface area contributed by atoms with E-state index in [1.165, 1.54) is 4.90 Å². The summed E-state index contributed by atoms with van der Waals surface area (Å²) in [5.41, 5.74) is 1.51. The molecule has 7 nitrogen and oxygen atoms in total. The summed E-state index contributed by atoms with van der Waals surface area (Å²) in [7, 11) is 0. The van der Waals surface area contributed by atoms with Crippen LogP contribution in [-0.4, -0.2) is 32.2 Å². The molecule has 0 bridgehead atoms. The fourth-order valence-corrected chi connectivity index (χ4v) is 4.44. The summed E-state index contributed by atoms with van der Waals surface area (Å²) >= 11 is 0. The third-order valence-electron chi connectivity index (χ3n) is 6.08. The Labute approximate surface area is 163 Å². The lowest BCUT2D eigenvalue weighted by Gasteiger charge is -2.36. The highest BCUT2D eigenvalue weighted by atomic mass is 16.2. The highest BCUT2D eigenvalue weighted by molar-refractivity contribution is 6.07. The topological polar surface area (TPSA) is 91.0 Å². The number of aryl methyl sites for hydroxylation is 1. The zero-order chi connectivity index (χ0) is 19.9. The van der Waals surface area contributed by atoms with Crippen molar-refractivity contribution in [2.24, 2.45) is 5.92 Å². The van der Waals surface area contributed by atoms with Crippen molar-refractivity contribution in [1.82, 2.24) is 20.0 Å². The highest BCUT2D eigenvalue weighted by Crippen LogP contribution is 2.38. The molecule has 2 aromatic rings. The number of carbonyl (C=O) groups is 2. The average molecular weight is 377 g/mol. The molecule has 7 heteroatoms. The molecule has 2 fully saturated rings. The molecular weight excluding hydrogens is 354 g/mol. The van der Waals surface area contributed by atoms with Crippen LogP contribution in [-0.2, 0) is 11.3 Å². The number of nitrogens with one attached hydrogen (secondary N) is 1. The lowest BCUT2D eigenvalue weighted by Crippen LogP contribution is -2.53. The summed E-state index contributed by atoms with van der Waals surface area (Å²) in [5.74, 6) is -0.0917. The summed E-state index contributed by atoms with van der Waals surface area (Å²) in [6.45, 7) is 3.82. The molecule has 3 amide bonds. The minimum atomic E-state index is -0.811. The van der Waals surface area contributed by atoms with E-state index < -0.39 is 5.54 Å². The van der Waals surface area contributed by atoms with Crippen LogP contribution in [0.2, 0.25) is 0 Å². The number of hydrogen-bond donors (Lipinski definition) is 1. The van der Waals surface area contributed by atoms with Crippen LogP contribution >= 0.6 is 0 Å². The first-order valence-electron chi connectivity index (χ1n) is 9.66. The molecule has 2 aliphatic rings. The van der Waals surface area contributed by atoms with Crippen molar-refractivity contribution in [3.05, 3.63) is 47.3 Å². The SMILES string of the molecule is Cc1nn(-c2ccccc2)c(CN2C(=O)N[C@]3(CCCC[C@@H]3C)C2=O)c1C#N. The summed E-state index contributed by atoms with van der Waals surface area (Å²) in [4.78, 5) is 27.3. The molecule has 1 aromatic carbocycles. The fourth-order valence-electron chi connectivity index (χ4n) is 4.44. The number of para-hydroxylation sites is 1. The van der Waals surface area contributed by atoms with Gasteiger partial charge in [0, 0.05) is 0 Å². The quantitative estimate of drug-likeness (QED) is 0.832. The molecule has 2 atom stereocenters. The maximum Gasteiger partial charge on any atom is 0.325 e. The van der Waals surface area contributed by atoms with Gasteiger partial charge < -0.3 is 5.32 Å². The van der Waals surface area contributed by atoms with Crippen LogP contribution in [0.15, 0.2) is 30.3 Å². The Morgan fingerprint density at radius 2 is 2.04 bits per heavy atom. The van der Waals surface area contributed by atoms with Gasteiger partial charge in [0.05, 0.1) is 29.2 Å². The van der Waals surface area contributed by atoms with Crippen molar-refractivity contribution in [3.63, 3.8) is 0 Å². The Morgan fingerprint density at radius 1 is 1.29 bits per heavy atom. The molecule has 1 aliphatic heterocycles. The van der Waals surface area contributed by atoms with Gasteiger partial charge in [-0.05, 0) is 37.8 Å². The summed E-state index contributed by atoms with van der Waals surface area (Å²) in [6.07, 6.45) is 3.58. The summed E-state index contributed by atoms with van der Waals surface area (Å²) in [5, 5.41) is 17.1. The third-order valence-corrected chi connectivity index (χ3v) is 6.08. The van der Waals surface area contributed by atoms with E-state index in [4.69, 9.17) is 0 Å². The van der Waals surface area contributed by atoms with Crippen molar-refractivity contribution >= 4 is 11.9 Å². The minimum absolute atomic E-state index is 0.0256. The summed E-state index contributed by atoms with van der Waals surface area (Å²) in [6, 6.07) is 11.2. The number of carbonyl (C=O) groups excluding carboxylic acids is 2. The smallest absolute Gasteiger partial charge is 0.323 e. The number of nitrogens with zero attached hydrogens (tertiary/aromatic N) is 4. The van der Waals surface area contributed by atoms with Crippen molar-refractivity contribution < 1.29 is 9.59 Å². The number of amides is 3. The second-order valence-electron chi connectivity index (χ2n) is 7.71. The van der Waals surface area contributed by atoms with Crippen LogP contribution < -0.4 is 5.32 Å². The van der Waals surface area contributed by atoms with E-state index in [2.05, 4.69) is 16.5 Å². The van der Waals surface area contributed by atoms with Gasteiger partial charge in [-0.15, -0.1) is 0 Å². The Bertz CT molecular complexity index is 975. The number of hydrogen-bond acceptors (Lipinski definition) is 4. The molecular formula is C21H23N5O2. The van der Waals surface area contributed by atoms with E-state index in [0.29, 0.717) is 23.4 Å². The molecule has 1 aromatic heterocycles. The molecule has 0 unspecified atom stereocenters. The lowest BCUT2D eigenvalue weighted by molar-refractivity contribution is -0.134. The normalized spacial score (nSPS) is 24.5. The maximum absolute atomic E-state index is 13.3. The Balaban J connectivity index is 1.73. The van der Waals surface area contributed by atoms with Gasteiger partial charge >= 0.3 is 6.03 Å². The van der Waals surface area contributed by atoms with E-state index >= 15 is 0 Å². The number of urea groups is 1. The molecule has 0 radical (unpaired) electrons. The maximum atomic E-state index is 13.3. The van der Waals surface area contributed by atoms with Gasteiger partial charge in [0.25, 0.3) is 5.91 Å². The molecule has 1 saturated heterocycles. The Hall–Kier alpha value is -3.14. The van der Waals surface area contributed by atoms with Crippen molar-refractivity contribution in [3.8, 4) is 11.8 Å². The minimum Gasteiger partial charge on any atom is -0.323 e. The van der Waals surface area contributed by atoms with Gasteiger partial charge in [0.15, 0.2) is 0 Å². The van der Waals surface area contributed by atoms with Gasteiger partial charge in [-0.3, -0.25) is 9.69 Å². The van der Waals surface area contributed by atoms with Gasteiger partial charge in [-0.2, -0.15) is 10.4 Å². The van der Waals surface area contributed by atoms with Gasteiger partial charge in [-0.25, -0.2) is 9.48 Å². The summed E-state index contributed by atoms with van der Waals surface area (Å²) < 4.78 is 1.66. The monoisotopic (exact) mass is 377 g/mol.